The number of benzene rings is 1. The number of aryl methyl sites for hydroxylation is 1. The van der Waals surface area contributed by atoms with Gasteiger partial charge in [0.2, 0.25) is 17.6 Å². The summed E-state index contributed by atoms with van der Waals surface area (Å²) in [6.45, 7) is 1.63. The van der Waals surface area contributed by atoms with Crippen LogP contribution in [0.3, 0.4) is 0 Å². The Morgan fingerprint density at radius 1 is 1.41 bits per heavy atom. The smallest absolute Gasteiger partial charge is 0.237 e. The molecule has 0 radical (unpaired) electrons. The predicted molar refractivity (Wildman–Crippen MR) is 99.5 cm³/mol. The van der Waals surface area contributed by atoms with E-state index in [0.717, 1.165) is 44.2 Å². The van der Waals surface area contributed by atoms with E-state index >= 15 is 0 Å². The average Bonchev–Trinajstić information content (AvgIpc) is 3.37. The van der Waals surface area contributed by atoms with Gasteiger partial charge in [0, 0.05) is 18.5 Å². The first-order valence-electron chi connectivity index (χ1n) is 9.38. The standard InChI is InChI=1S/C19H26N4O4/c1-26-16-12-13(8-9-15(16)24)18-22-17(27-23-18)7-3-2-4-10-21-19(25)14-6-5-11-20-14/h8-9,12,14,20,24H,2-7,10-11H2,1H3,(H,21,25). The molecule has 0 aliphatic carbocycles. The molecule has 1 saturated heterocycles. The van der Waals surface area contributed by atoms with Gasteiger partial charge in [-0.05, 0) is 50.4 Å². The maximum atomic E-state index is 11.9. The van der Waals surface area contributed by atoms with E-state index in [0.29, 0.717) is 30.4 Å². The molecule has 1 fully saturated rings. The van der Waals surface area contributed by atoms with Gasteiger partial charge >= 0.3 is 0 Å². The summed E-state index contributed by atoms with van der Waals surface area (Å²) in [5, 5.41) is 19.8. The molecule has 0 spiro atoms. The van der Waals surface area contributed by atoms with Crippen molar-refractivity contribution in [1.82, 2.24) is 20.8 Å². The first-order chi connectivity index (χ1) is 13.2. The van der Waals surface area contributed by atoms with Gasteiger partial charge in [-0.1, -0.05) is 11.6 Å². The molecule has 1 aliphatic rings. The van der Waals surface area contributed by atoms with Crippen LogP contribution in [0.15, 0.2) is 22.7 Å². The molecule has 1 atom stereocenters. The largest absolute Gasteiger partial charge is 0.504 e. The van der Waals surface area contributed by atoms with Crippen molar-refractivity contribution in [2.75, 3.05) is 20.2 Å². The van der Waals surface area contributed by atoms with Crippen LogP contribution in [0.4, 0.5) is 0 Å². The molecule has 3 rings (SSSR count). The quantitative estimate of drug-likeness (QED) is 0.576. The van der Waals surface area contributed by atoms with Crippen LogP contribution in [0.2, 0.25) is 0 Å². The lowest BCUT2D eigenvalue weighted by atomic mass is 10.1. The van der Waals surface area contributed by atoms with Crippen LogP contribution in [0.5, 0.6) is 11.5 Å². The van der Waals surface area contributed by atoms with E-state index in [2.05, 4.69) is 20.8 Å². The third-order valence-corrected chi connectivity index (χ3v) is 4.65. The number of hydrogen-bond donors (Lipinski definition) is 3. The Morgan fingerprint density at radius 3 is 3.07 bits per heavy atom. The lowest BCUT2D eigenvalue weighted by Gasteiger charge is -2.10. The van der Waals surface area contributed by atoms with E-state index in [-0.39, 0.29) is 17.7 Å². The Balaban J connectivity index is 1.38. The summed E-state index contributed by atoms with van der Waals surface area (Å²) in [6, 6.07) is 4.92. The Labute approximate surface area is 158 Å². The number of aromatic hydroxyl groups is 1. The van der Waals surface area contributed by atoms with E-state index in [4.69, 9.17) is 9.26 Å². The lowest BCUT2D eigenvalue weighted by Crippen LogP contribution is -2.40. The molecule has 27 heavy (non-hydrogen) atoms. The molecule has 1 aliphatic heterocycles. The van der Waals surface area contributed by atoms with Crippen LogP contribution >= 0.6 is 0 Å². The normalized spacial score (nSPS) is 16.4. The molecule has 1 aromatic carbocycles. The molecule has 2 heterocycles. The summed E-state index contributed by atoms with van der Waals surface area (Å²) in [7, 11) is 1.49. The number of carbonyl (C=O) groups excluding carboxylic acids is 1. The molecule has 1 amide bonds. The fourth-order valence-electron chi connectivity index (χ4n) is 3.11. The molecule has 1 unspecified atom stereocenters. The van der Waals surface area contributed by atoms with Crippen molar-refractivity contribution in [1.29, 1.82) is 0 Å². The van der Waals surface area contributed by atoms with Crippen LogP contribution < -0.4 is 15.4 Å². The maximum Gasteiger partial charge on any atom is 0.237 e. The number of ether oxygens (including phenoxy) is 1. The van der Waals surface area contributed by atoms with Gasteiger partial charge in [-0.25, -0.2) is 0 Å². The molecule has 2 aromatic rings. The number of hydrogen-bond acceptors (Lipinski definition) is 7. The van der Waals surface area contributed by atoms with Gasteiger partial charge in [0.25, 0.3) is 0 Å². The number of nitrogens with zero attached hydrogens (tertiary/aromatic N) is 2. The minimum Gasteiger partial charge on any atom is -0.504 e. The van der Waals surface area contributed by atoms with Crippen molar-refractivity contribution < 1.29 is 19.2 Å². The van der Waals surface area contributed by atoms with Gasteiger partial charge < -0.3 is 25.0 Å². The first-order valence-corrected chi connectivity index (χ1v) is 9.38. The zero-order valence-electron chi connectivity index (χ0n) is 15.5. The summed E-state index contributed by atoms with van der Waals surface area (Å²) >= 11 is 0. The molecule has 8 heteroatoms. The summed E-state index contributed by atoms with van der Waals surface area (Å²) in [6.07, 6.45) is 5.51. The summed E-state index contributed by atoms with van der Waals surface area (Å²) in [5.74, 6) is 1.60. The predicted octanol–water partition coefficient (Wildman–Crippen LogP) is 2.03. The fraction of sp³-hybridized carbons (Fsp3) is 0.526. The van der Waals surface area contributed by atoms with Gasteiger partial charge in [-0.15, -0.1) is 0 Å². The summed E-state index contributed by atoms with van der Waals surface area (Å²) < 4.78 is 10.4. The van der Waals surface area contributed by atoms with Crippen molar-refractivity contribution >= 4 is 5.91 Å². The Kier molecular flexibility index (Phi) is 6.64. The number of nitrogens with one attached hydrogen (secondary N) is 2. The van der Waals surface area contributed by atoms with Crippen LogP contribution in [0.25, 0.3) is 11.4 Å². The van der Waals surface area contributed by atoms with Crippen molar-refractivity contribution in [2.24, 2.45) is 0 Å². The maximum absolute atomic E-state index is 11.9. The monoisotopic (exact) mass is 374 g/mol. The number of carbonyl (C=O) groups is 1. The molecule has 146 valence electrons. The Bertz CT molecular complexity index is 756. The van der Waals surface area contributed by atoms with Gasteiger partial charge in [-0.2, -0.15) is 4.98 Å². The number of methoxy groups -OCH3 is 1. The van der Waals surface area contributed by atoms with Gasteiger partial charge in [0.05, 0.1) is 13.2 Å². The van der Waals surface area contributed by atoms with Crippen molar-refractivity contribution in [3.8, 4) is 22.9 Å². The van der Waals surface area contributed by atoms with E-state index in [9.17, 15) is 9.90 Å². The number of phenolic OH excluding ortho intramolecular Hbond substituents is 1. The van der Waals surface area contributed by atoms with Crippen LogP contribution in [0.1, 0.15) is 38.0 Å². The van der Waals surface area contributed by atoms with Crippen LogP contribution in [-0.4, -0.2) is 47.4 Å². The number of amides is 1. The van der Waals surface area contributed by atoms with E-state index in [1.807, 2.05) is 0 Å². The number of rotatable bonds is 9. The highest BCUT2D eigenvalue weighted by Crippen LogP contribution is 2.30. The second kappa shape index (κ2) is 9.36. The lowest BCUT2D eigenvalue weighted by molar-refractivity contribution is -0.122. The van der Waals surface area contributed by atoms with E-state index < -0.39 is 0 Å². The minimum absolute atomic E-state index is 0.0136. The Hall–Kier alpha value is -2.61. The van der Waals surface area contributed by atoms with E-state index in [1.54, 1.807) is 18.2 Å². The zero-order valence-corrected chi connectivity index (χ0v) is 15.5. The molecule has 3 N–H and O–H groups in total. The van der Waals surface area contributed by atoms with Crippen molar-refractivity contribution in [3.05, 3.63) is 24.1 Å². The molecule has 1 aromatic heterocycles. The number of unbranched alkanes of at least 4 members (excludes halogenated alkanes) is 2. The average molecular weight is 374 g/mol. The topological polar surface area (TPSA) is 110 Å². The summed E-state index contributed by atoms with van der Waals surface area (Å²) in [5.41, 5.74) is 0.725. The molecule has 8 nitrogen and oxygen atoms in total. The zero-order chi connectivity index (χ0) is 19.1. The van der Waals surface area contributed by atoms with Crippen LogP contribution in [0, 0.1) is 0 Å². The SMILES string of the molecule is COc1cc(-c2noc(CCCCCNC(=O)C3CCCN3)n2)ccc1O. The summed E-state index contributed by atoms with van der Waals surface area (Å²) in [4.78, 5) is 16.3. The highest BCUT2D eigenvalue weighted by molar-refractivity contribution is 5.81. The van der Waals surface area contributed by atoms with Crippen molar-refractivity contribution in [2.45, 2.75) is 44.6 Å². The minimum atomic E-state index is -0.0136. The molecular formula is C19H26N4O4. The highest BCUT2D eigenvalue weighted by Gasteiger charge is 2.21. The second-order valence-electron chi connectivity index (χ2n) is 6.65. The van der Waals surface area contributed by atoms with E-state index in [1.165, 1.54) is 7.11 Å². The molecular weight excluding hydrogens is 348 g/mol. The third-order valence-electron chi connectivity index (χ3n) is 4.65. The van der Waals surface area contributed by atoms with Gasteiger partial charge in [0.1, 0.15) is 0 Å². The van der Waals surface area contributed by atoms with Gasteiger partial charge in [-0.3, -0.25) is 4.79 Å². The van der Waals surface area contributed by atoms with Crippen LogP contribution in [-0.2, 0) is 11.2 Å². The molecule has 0 bridgehead atoms. The highest BCUT2D eigenvalue weighted by atomic mass is 16.5. The fourth-order valence-corrected chi connectivity index (χ4v) is 3.11. The van der Waals surface area contributed by atoms with Crippen molar-refractivity contribution in [3.63, 3.8) is 0 Å². The first kappa shape index (κ1) is 19.2. The van der Waals surface area contributed by atoms with Gasteiger partial charge in [0.15, 0.2) is 11.5 Å². The second-order valence-corrected chi connectivity index (χ2v) is 6.65. The Morgan fingerprint density at radius 2 is 2.30 bits per heavy atom. The number of phenols is 1. The number of aromatic nitrogens is 2. The molecule has 0 saturated carbocycles. The third kappa shape index (κ3) is 5.19.